The van der Waals surface area contributed by atoms with E-state index in [1.165, 1.54) is 7.11 Å². The van der Waals surface area contributed by atoms with Crippen LogP contribution in [0.2, 0.25) is 0 Å². The van der Waals surface area contributed by atoms with Crippen molar-refractivity contribution in [3.8, 4) is 12.3 Å². The Morgan fingerprint density at radius 1 is 1.65 bits per heavy atom. The fraction of sp³-hybridized carbons (Fsp3) is 0.529. The van der Waals surface area contributed by atoms with E-state index in [2.05, 4.69) is 32.7 Å². The summed E-state index contributed by atoms with van der Waals surface area (Å²) in [4.78, 5) is 21.4. The van der Waals surface area contributed by atoms with Crippen LogP contribution in [0.4, 0.5) is 4.79 Å². The maximum Gasteiger partial charge on any atom is 0.407 e. The molecule has 0 radical (unpaired) electrons. The molecule has 0 unspecified atom stereocenters. The maximum absolute atomic E-state index is 11.6. The number of amides is 1. The lowest BCUT2D eigenvalue weighted by Gasteiger charge is -2.34. The van der Waals surface area contributed by atoms with Crippen molar-refractivity contribution in [2.45, 2.75) is 38.8 Å². The van der Waals surface area contributed by atoms with Gasteiger partial charge in [0.1, 0.15) is 11.5 Å². The van der Waals surface area contributed by atoms with E-state index in [1.54, 1.807) is 6.20 Å². The summed E-state index contributed by atoms with van der Waals surface area (Å²) in [6.45, 7) is 9.18. The molecule has 6 nitrogen and oxygen atoms in total. The zero-order valence-corrected chi connectivity index (χ0v) is 13.9. The molecule has 2 N–H and O–H groups in total. The van der Waals surface area contributed by atoms with Crippen molar-refractivity contribution in [1.82, 2.24) is 20.2 Å². The highest BCUT2D eigenvalue weighted by atomic mass is 16.5. The van der Waals surface area contributed by atoms with Crippen LogP contribution in [0.15, 0.2) is 18.5 Å². The highest BCUT2D eigenvalue weighted by molar-refractivity contribution is 5.67. The predicted octanol–water partition coefficient (Wildman–Crippen LogP) is 2.42. The molecule has 0 saturated carbocycles. The zero-order valence-electron chi connectivity index (χ0n) is 13.9. The SMILES string of the molecule is C#Cc1cnc([C@@H]2CCCN2C(=C)[C@@H](NC(=O)OC)C(C)C)[nH]1. The minimum Gasteiger partial charge on any atom is -0.453 e. The van der Waals surface area contributed by atoms with Crippen molar-refractivity contribution in [2.75, 3.05) is 13.7 Å². The van der Waals surface area contributed by atoms with Crippen molar-refractivity contribution >= 4 is 6.09 Å². The van der Waals surface area contributed by atoms with Crippen molar-refractivity contribution in [3.63, 3.8) is 0 Å². The Kier molecular flexibility index (Phi) is 5.32. The maximum atomic E-state index is 11.6. The number of aromatic amines is 1. The van der Waals surface area contributed by atoms with Gasteiger partial charge in [0, 0.05) is 12.2 Å². The molecule has 1 aromatic heterocycles. The molecule has 0 aromatic carbocycles. The van der Waals surface area contributed by atoms with E-state index in [0.29, 0.717) is 5.69 Å². The Balaban J connectivity index is 2.18. The molecule has 1 aliphatic rings. The van der Waals surface area contributed by atoms with Crippen molar-refractivity contribution in [1.29, 1.82) is 0 Å². The molecule has 0 aliphatic carbocycles. The van der Waals surface area contributed by atoms with Crippen molar-refractivity contribution in [3.05, 3.63) is 30.0 Å². The summed E-state index contributed by atoms with van der Waals surface area (Å²) < 4.78 is 4.72. The number of ether oxygens (including phenoxy) is 1. The van der Waals surface area contributed by atoms with Gasteiger partial charge in [-0.25, -0.2) is 9.78 Å². The van der Waals surface area contributed by atoms with E-state index in [9.17, 15) is 4.79 Å². The van der Waals surface area contributed by atoms with Gasteiger partial charge in [0.2, 0.25) is 0 Å². The van der Waals surface area contributed by atoms with E-state index in [1.807, 2.05) is 13.8 Å². The van der Waals surface area contributed by atoms with Crippen molar-refractivity contribution < 1.29 is 9.53 Å². The lowest BCUT2D eigenvalue weighted by Crippen LogP contribution is -2.44. The molecule has 124 valence electrons. The first-order chi connectivity index (χ1) is 11.0. The lowest BCUT2D eigenvalue weighted by atomic mass is 10.00. The van der Waals surface area contributed by atoms with Gasteiger partial charge in [-0.15, -0.1) is 6.42 Å². The molecular weight excluding hydrogens is 292 g/mol. The molecule has 1 saturated heterocycles. The van der Waals surface area contributed by atoms with Gasteiger partial charge in [-0.1, -0.05) is 26.3 Å². The molecule has 23 heavy (non-hydrogen) atoms. The zero-order chi connectivity index (χ0) is 17.0. The molecule has 2 heterocycles. The Labute approximate surface area is 137 Å². The Morgan fingerprint density at radius 3 is 2.96 bits per heavy atom. The number of rotatable bonds is 5. The van der Waals surface area contributed by atoms with Crippen LogP contribution in [0.1, 0.15) is 44.2 Å². The smallest absolute Gasteiger partial charge is 0.407 e. The third-order valence-electron chi connectivity index (χ3n) is 4.17. The minimum absolute atomic E-state index is 0.102. The first kappa shape index (κ1) is 16.9. The number of carbonyl (C=O) groups is 1. The van der Waals surface area contributed by atoms with Crippen LogP contribution < -0.4 is 5.32 Å². The van der Waals surface area contributed by atoms with E-state index in [0.717, 1.165) is 30.9 Å². The van der Waals surface area contributed by atoms with Gasteiger partial charge in [0.05, 0.1) is 25.4 Å². The molecule has 1 fully saturated rings. The number of hydrogen-bond acceptors (Lipinski definition) is 4. The second-order valence-electron chi connectivity index (χ2n) is 6.03. The number of carbonyl (C=O) groups excluding carboxylic acids is 1. The first-order valence-corrected chi connectivity index (χ1v) is 7.79. The van der Waals surface area contributed by atoms with Gasteiger partial charge in [0.25, 0.3) is 0 Å². The molecule has 2 atom stereocenters. The number of hydrogen-bond donors (Lipinski definition) is 2. The predicted molar refractivity (Wildman–Crippen MR) is 88.5 cm³/mol. The summed E-state index contributed by atoms with van der Waals surface area (Å²) in [5.74, 6) is 3.60. The van der Waals surface area contributed by atoms with Crippen LogP contribution in [-0.2, 0) is 4.74 Å². The van der Waals surface area contributed by atoms with Gasteiger partial charge in [-0.2, -0.15) is 0 Å². The van der Waals surface area contributed by atoms with Gasteiger partial charge < -0.3 is 19.9 Å². The Bertz CT molecular complexity index is 614. The van der Waals surface area contributed by atoms with Crippen LogP contribution >= 0.6 is 0 Å². The molecule has 6 heteroatoms. The number of terminal acetylenes is 1. The summed E-state index contributed by atoms with van der Waals surface area (Å²) in [6.07, 6.45) is 8.63. The number of H-pyrrole nitrogens is 1. The molecule has 0 spiro atoms. The highest BCUT2D eigenvalue weighted by Crippen LogP contribution is 2.34. The average molecular weight is 316 g/mol. The topological polar surface area (TPSA) is 70.2 Å². The summed E-state index contributed by atoms with van der Waals surface area (Å²) in [7, 11) is 1.36. The number of likely N-dealkylation sites (tertiary alicyclic amines) is 1. The minimum atomic E-state index is -0.451. The molecule has 1 aromatic rings. The lowest BCUT2D eigenvalue weighted by molar-refractivity contribution is 0.161. The number of nitrogens with one attached hydrogen (secondary N) is 2. The van der Waals surface area contributed by atoms with Crippen LogP contribution in [0.3, 0.4) is 0 Å². The summed E-state index contributed by atoms with van der Waals surface area (Å²) in [6, 6.07) is -0.0876. The Morgan fingerprint density at radius 2 is 2.39 bits per heavy atom. The monoisotopic (exact) mass is 316 g/mol. The third kappa shape index (κ3) is 3.67. The standard InChI is InChI=1S/C17H24N4O2/c1-6-13-10-18-16(19-13)14-8-7-9-21(14)12(4)15(11(2)3)20-17(22)23-5/h1,10-11,14-15H,4,7-9H2,2-3,5H3,(H,18,19)(H,20,22)/t14-,15-/m0/s1. The van der Waals surface area contributed by atoms with E-state index < -0.39 is 6.09 Å². The van der Waals surface area contributed by atoms with Gasteiger partial charge in [-0.05, 0) is 18.8 Å². The number of aromatic nitrogens is 2. The number of imidazole rings is 1. The third-order valence-corrected chi connectivity index (χ3v) is 4.17. The van der Waals surface area contributed by atoms with Crippen LogP contribution in [-0.4, -0.2) is 40.7 Å². The molecule has 1 aliphatic heterocycles. The highest BCUT2D eigenvalue weighted by Gasteiger charge is 2.33. The van der Waals surface area contributed by atoms with Crippen molar-refractivity contribution in [2.24, 2.45) is 5.92 Å². The van der Waals surface area contributed by atoms with Gasteiger partial charge in [0.15, 0.2) is 0 Å². The van der Waals surface area contributed by atoms with Crippen LogP contribution in [0, 0.1) is 18.3 Å². The van der Waals surface area contributed by atoms with Crippen LogP contribution in [0.25, 0.3) is 0 Å². The van der Waals surface area contributed by atoms with E-state index in [-0.39, 0.29) is 18.0 Å². The number of nitrogens with zero attached hydrogens (tertiary/aromatic N) is 2. The molecule has 0 bridgehead atoms. The van der Waals surface area contributed by atoms with Gasteiger partial charge in [-0.3, -0.25) is 0 Å². The largest absolute Gasteiger partial charge is 0.453 e. The number of alkyl carbamates (subject to hydrolysis) is 1. The average Bonchev–Trinajstić information content (AvgIpc) is 3.19. The summed E-state index contributed by atoms with van der Waals surface area (Å²) >= 11 is 0. The second kappa shape index (κ2) is 7.23. The van der Waals surface area contributed by atoms with Crippen LogP contribution in [0.5, 0.6) is 0 Å². The second-order valence-corrected chi connectivity index (χ2v) is 6.03. The summed E-state index contributed by atoms with van der Waals surface area (Å²) in [5, 5.41) is 2.87. The van der Waals surface area contributed by atoms with E-state index in [4.69, 9.17) is 11.2 Å². The normalized spacial score (nSPS) is 18.6. The molecule has 2 rings (SSSR count). The first-order valence-electron chi connectivity index (χ1n) is 7.79. The quantitative estimate of drug-likeness (QED) is 0.819. The fourth-order valence-corrected chi connectivity index (χ4v) is 2.97. The molecule has 1 amide bonds. The summed E-state index contributed by atoms with van der Waals surface area (Å²) in [5.41, 5.74) is 1.54. The molecular formula is C17H24N4O2. The van der Waals surface area contributed by atoms with E-state index >= 15 is 0 Å². The fourth-order valence-electron chi connectivity index (χ4n) is 2.97. The Hall–Kier alpha value is -2.42. The number of methoxy groups -OCH3 is 1. The van der Waals surface area contributed by atoms with Gasteiger partial charge >= 0.3 is 6.09 Å².